The lowest BCUT2D eigenvalue weighted by atomic mass is 9.83. The van der Waals surface area contributed by atoms with Gasteiger partial charge < -0.3 is 4.74 Å². The van der Waals surface area contributed by atoms with E-state index in [1.54, 1.807) is 0 Å². The fraction of sp³-hybridized carbons (Fsp3) is 0.591. The average Bonchev–Trinajstić information content (AvgIpc) is 2.72. The van der Waals surface area contributed by atoms with Gasteiger partial charge in [0.2, 0.25) is 0 Å². The van der Waals surface area contributed by atoms with Gasteiger partial charge in [0.1, 0.15) is 0 Å². The molecule has 3 aliphatic rings. The number of benzene rings is 1. The first kappa shape index (κ1) is 18.7. The molecule has 1 amide bonds. The first-order valence-electron chi connectivity index (χ1n) is 10.4. The number of nitrogens with one attached hydrogen (secondary N) is 1. The predicted octanol–water partition coefficient (Wildman–Crippen LogP) is 2.54. The summed E-state index contributed by atoms with van der Waals surface area (Å²) in [6, 6.07) is 11.0. The summed E-state index contributed by atoms with van der Waals surface area (Å²) in [5.41, 5.74) is 7.01. The molecule has 0 saturated carbocycles. The first-order valence-corrected chi connectivity index (χ1v) is 10.4. The van der Waals surface area contributed by atoms with E-state index < -0.39 is 0 Å². The van der Waals surface area contributed by atoms with Crippen LogP contribution in [0, 0.1) is 0 Å². The van der Waals surface area contributed by atoms with Crippen LogP contribution in [0.15, 0.2) is 41.5 Å². The number of carbonyl (C=O) groups excluding carboxylic acids is 1. The zero-order valence-electron chi connectivity index (χ0n) is 16.2. The SMILES string of the molecule is O=C1NN(CCCN2CCOCC2)C(Cc2ccccc2)C2=C1CCCC2. The number of hydrazine groups is 1. The van der Waals surface area contributed by atoms with Gasteiger partial charge in [-0.1, -0.05) is 30.3 Å². The van der Waals surface area contributed by atoms with E-state index >= 15 is 0 Å². The number of hydrogen-bond acceptors (Lipinski definition) is 4. The van der Waals surface area contributed by atoms with Crippen molar-refractivity contribution in [1.29, 1.82) is 0 Å². The van der Waals surface area contributed by atoms with Crippen molar-refractivity contribution in [2.75, 3.05) is 39.4 Å². The minimum Gasteiger partial charge on any atom is -0.379 e. The molecule has 27 heavy (non-hydrogen) atoms. The molecule has 1 atom stereocenters. The zero-order valence-corrected chi connectivity index (χ0v) is 16.2. The van der Waals surface area contributed by atoms with E-state index in [2.05, 4.69) is 45.7 Å². The maximum Gasteiger partial charge on any atom is 0.261 e. The quantitative estimate of drug-likeness (QED) is 0.837. The molecule has 5 nitrogen and oxygen atoms in total. The van der Waals surface area contributed by atoms with Crippen LogP contribution in [0.3, 0.4) is 0 Å². The highest BCUT2D eigenvalue weighted by Gasteiger charge is 2.34. The van der Waals surface area contributed by atoms with E-state index in [9.17, 15) is 4.79 Å². The van der Waals surface area contributed by atoms with Crippen molar-refractivity contribution in [3.8, 4) is 0 Å². The van der Waals surface area contributed by atoms with Crippen LogP contribution in [-0.2, 0) is 16.0 Å². The molecule has 1 unspecified atom stereocenters. The largest absolute Gasteiger partial charge is 0.379 e. The number of carbonyl (C=O) groups is 1. The number of ether oxygens (including phenoxy) is 1. The number of morpholine rings is 1. The van der Waals surface area contributed by atoms with Crippen LogP contribution in [0.2, 0.25) is 0 Å². The number of hydrogen-bond donors (Lipinski definition) is 1. The van der Waals surface area contributed by atoms with E-state index in [1.165, 1.54) is 17.6 Å². The first-order chi connectivity index (χ1) is 13.3. The van der Waals surface area contributed by atoms with Gasteiger partial charge in [-0.05, 0) is 56.2 Å². The Morgan fingerprint density at radius 3 is 2.63 bits per heavy atom. The summed E-state index contributed by atoms with van der Waals surface area (Å²) in [5, 5.41) is 2.22. The van der Waals surface area contributed by atoms with Gasteiger partial charge in [-0.3, -0.25) is 15.1 Å². The third kappa shape index (κ3) is 4.60. The van der Waals surface area contributed by atoms with Gasteiger partial charge in [-0.15, -0.1) is 0 Å². The van der Waals surface area contributed by atoms with E-state index in [1.807, 2.05) is 0 Å². The minimum absolute atomic E-state index is 0.139. The fourth-order valence-electron chi connectivity index (χ4n) is 4.59. The summed E-state index contributed by atoms with van der Waals surface area (Å²) in [4.78, 5) is 15.1. The Morgan fingerprint density at radius 2 is 1.81 bits per heavy atom. The molecule has 1 N–H and O–H groups in total. The van der Waals surface area contributed by atoms with Crippen molar-refractivity contribution in [2.24, 2.45) is 0 Å². The Bertz CT molecular complexity index is 667. The Balaban J connectivity index is 1.46. The monoisotopic (exact) mass is 369 g/mol. The molecule has 1 fully saturated rings. The lowest BCUT2D eigenvalue weighted by Crippen LogP contribution is -2.56. The molecule has 1 aromatic carbocycles. The summed E-state index contributed by atoms with van der Waals surface area (Å²) >= 11 is 0. The van der Waals surface area contributed by atoms with E-state index in [-0.39, 0.29) is 5.91 Å². The molecule has 146 valence electrons. The molecule has 2 aliphatic heterocycles. The topological polar surface area (TPSA) is 44.8 Å². The summed E-state index contributed by atoms with van der Waals surface area (Å²) in [6.45, 7) is 5.70. The van der Waals surface area contributed by atoms with Crippen LogP contribution in [0.5, 0.6) is 0 Å². The van der Waals surface area contributed by atoms with Gasteiger partial charge >= 0.3 is 0 Å². The molecular weight excluding hydrogens is 338 g/mol. The highest BCUT2D eigenvalue weighted by atomic mass is 16.5. The summed E-state index contributed by atoms with van der Waals surface area (Å²) < 4.78 is 5.44. The molecule has 0 aromatic heterocycles. The smallest absolute Gasteiger partial charge is 0.261 e. The van der Waals surface area contributed by atoms with Crippen LogP contribution >= 0.6 is 0 Å². The van der Waals surface area contributed by atoms with Crippen molar-refractivity contribution >= 4 is 5.91 Å². The molecule has 5 heteroatoms. The number of nitrogens with zero attached hydrogens (tertiary/aromatic N) is 2. The van der Waals surface area contributed by atoms with Gasteiger partial charge in [0.15, 0.2) is 0 Å². The summed E-state index contributed by atoms with van der Waals surface area (Å²) in [5.74, 6) is 0.139. The third-order valence-corrected chi connectivity index (χ3v) is 6.06. The lowest BCUT2D eigenvalue weighted by molar-refractivity contribution is -0.124. The van der Waals surface area contributed by atoms with Crippen molar-refractivity contribution < 1.29 is 9.53 Å². The third-order valence-electron chi connectivity index (χ3n) is 6.06. The van der Waals surface area contributed by atoms with Crippen LogP contribution in [-0.4, -0.2) is 61.3 Å². The van der Waals surface area contributed by atoms with Gasteiger partial charge in [-0.2, -0.15) is 0 Å². The normalized spacial score (nSPS) is 24.6. The second kappa shape index (κ2) is 9.00. The summed E-state index contributed by atoms with van der Waals surface area (Å²) in [6.07, 6.45) is 6.39. The second-order valence-corrected chi connectivity index (χ2v) is 7.86. The van der Waals surface area contributed by atoms with Crippen molar-refractivity contribution in [3.05, 3.63) is 47.0 Å². The highest BCUT2D eigenvalue weighted by molar-refractivity contribution is 5.95. The Hall–Kier alpha value is -1.69. The molecule has 1 aliphatic carbocycles. The maximum absolute atomic E-state index is 12.7. The van der Waals surface area contributed by atoms with Gasteiger partial charge in [-0.25, -0.2) is 5.01 Å². The predicted molar refractivity (Wildman–Crippen MR) is 106 cm³/mol. The highest BCUT2D eigenvalue weighted by Crippen LogP contribution is 2.33. The van der Waals surface area contributed by atoms with Crippen molar-refractivity contribution in [3.63, 3.8) is 0 Å². The van der Waals surface area contributed by atoms with E-state index in [0.29, 0.717) is 6.04 Å². The average molecular weight is 370 g/mol. The second-order valence-electron chi connectivity index (χ2n) is 7.86. The fourth-order valence-corrected chi connectivity index (χ4v) is 4.59. The van der Waals surface area contributed by atoms with Gasteiger partial charge in [0.05, 0.1) is 19.3 Å². The van der Waals surface area contributed by atoms with Crippen LogP contribution in [0.1, 0.15) is 37.7 Å². The zero-order chi connectivity index (χ0) is 18.5. The van der Waals surface area contributed by atoms with Crippen molar-refractivity contribution in [2.45, 2.75) is 44.6 Å². The minimum atomic E-state index is 0.139. The Labute approximate surface area is 162 Å². The molecule has 0 spiro atoms. The van der Waals surface area contributed by atoms with Crippen molar-refractivity contribution in [1.82, 2.24) is 15.3 Å². The van der Waals surface area contributed by atoms with Gasteiger partial charge in [0, 0.05) is 25.2 Å². The molecule has 0 bridgehead atoms. The molecule has 1 saturated heterocycles. The maximum atomic E-state index is 12.7. The number of rotatable bonds is 6. The molecule has 1 aromatic rings. The van der Waals surface area contributed by atoms with E-state index in [0.717, 1.165) is 77.1 Å². The van der Waals surface area contributed by atoms with Crippen LogP contribution in [0.25, 0.3) is 0 Å². The molecule has 4 rings (SSSR count). The molecule has 0 radical (unpaired) electrons. The van der Waals surface area contributed by atoms with Crippen LogP contribution in [0.4, 0.5) is 0 Å². The molecular formula is C22H31N3O2. The molecule has 2 heterocycles. The summed E-state index contributed by atoms with van der Waals surface area (Å²) in [7, 11) is 0. The Morgan fingerprint density at radius 1 is 1.04 bits per heavy atom. The standard InChI is InChI=1S/C22H31N3O2/c26-22-20-10-5-4-9-19(20)21(17-18-7-2-1-3-8-18)25(23-22)12-6-11-24-13-15-27-16-14-24/h1-3,7-8,21H,4-6,9-17H2,(H,23,26). The van der Waals surface area contributed by atoms with E-state index in [4.69, 9.17) is 4.74 Å². The Kier molecular flexibility index (Phi) is 6.22. The van der Waals surface area contributed by atoms with Gasteiger partial charge in [0.25, 0.3) is 5.91 Å². The number of amides is 1. The van der Waals surface area contributed by atoms with Crippen LogP contribution < -0.4 is 5.43 Å². The lowest BCUT2D eigenvalue weighted by Gasteiger charge is -2.41.